The van der Waals surface area contributed by atoms with Crippen LogP contribution in [-0.2, 0) is 4.74 Å². The first-order valence-corrected chi connectivity index (χ1v) is 5.38. The Morgan fingerprint density at radius 1 is 1.38 bits per heavy atom. The summed E-state index contributed by atoms with van der Waals surface area (Å²) >= 11 is 0. The zero-order valence-corrected chi connectivity index (χ0v) is 9.32. The van der Waals surface area contributed by atoms with E-state index in [0.29, 0.717) is 17.9 Å². The van der Waals surface area contributed by atoms with Crippen molar-refractivity contribution in [2.75, 3.05) is 12.3 Å². The van der Waals surface area contributed by atoms with Gasteiger partial charge in [0.05, 0.1) is 12.2 Å². The highest BCUT2D eigenvalue weighted by molar-refractivity contribution is 5.94. The van der Waals surface area contributed by atoms with Crippen molar-refractivity contribution < 1.29 is 9.53 Å². The van der Waals surface area contributed by atoms with Crippen LogP contribution in [0.25, 0.3) is 0 Å². The molecule has 3 nitrogen and oxygen atoms in total. The van der Waals surface area contributed by atoms with Gasteiger partial charge < -0.3 is 10.5 Å². The molecule has 0 saturated heterocycles. The molecule has 0 aliphatic heterocycles. The number of nitrogen functional groups attached to an aromatic ring is 1. The summed E-state index contributed by atoms with van der Waals surface area (Å²) in [4.78, 5) is 11.6. The van der Waals surface area contributed by atoms with E-state index in [2.05, 4.69) is 6.58 Å². The Bertz CT molecular complexity index is 361. The first-order chi connectivity index (χ1) is 7.75. The van der Waals surface area contributed by atoms with Crippen LogP contribution in [-0.4, -0.2) is 12.6 Å². The molecule has 1 rings (SSSR count). The molecule has 0 unspecified atom stereocenters. The van der Waals surface area contributed by atoms with E-state index in [-0.39, 0.29) is 5.97 Å². The molecule has 3 heteroatoms. The minimum absolute atomic E-state index is 0.350. The van der Waals surface area contributed by atoms with Gasteiger partial charge in [0.25, 0.3) is 0 Å². The van der Waals surface area contributed by atoms with E-state index in [0.717, 1.165) is 19.3 Å². The van der Waals surface area contributed by atoms with Crippen LogP contribution in [0.4, 0.5) is 5.69 Å². The molecule has 0 aliphatic rings. The molecule has 2 N–H and O–H groups in total. The van der Waals surface area contributed by atoms with Crippen LogP contribution in [0.15, 0.2) is 36.9 Å². The van der Waals surface area contributed by atoms with Crippen LogP contribution >= 0.6 is 0 Å². The summed E-state index contributed by atoms with van der Waals surface area (Å²) in [5.74, 6) is -0.350. The van der Waals surface area contributed by atoms with E-state index in [9.17, 15) is 4.79 Å². The monoisotopic (exact) mass is 219 g/mol. The number of allylic oxidation sites excluding steroid dienone is 1. The number of esters is 1. The van der Waals surface area contributed by atoms with E-state index in [1.54, 1.807) is 24.3 Å². The maximum absolute atomic E-state index is 11.6. The van der Waals surface area contributed by atoms with Gasteiger partial charge in [-0.3, -0.25) is 0 Å². The van der Waals surface area contributed by atoms with Gasteiger partial charge in [-0.25, -0.2) is 4.79 Å². The van der Waals surface area contributed by atoms with E-state index in [1.807, 2.05) is 6.08 Å². The SMILES string of the molecule is C=CCCCCOC(=O)c1ccccc1N. The Labute approximate surface area is 95.9 Å². The molecule has 86 valence electrons. The summed E-state index contributed by atoms with van der Waals surface area (Å²) in [7, 11) is 0. The Balaban J connectivity index is 2.36. The maximum Gasteiger partial charge on any atom is 0.340 e. The van der Waals surface area contributed by atoms with Crippen molar-refractivity contribution in [1.82, 2.24) is 0 Å². The predicted molar refractivity (Wildman–Crippen MR) is 65.2 cm³/mol. The number of ether oxygens (including phenoxy) is 1. The Morgan fingerprint density at radius 2 is 2.12 bits per heavy atom. The van der Waals surface area contributed by atoms with E-state index >= 15 is 0 Å². The second kappa shape index (κ2) is 6.67. The molecule has 0 fully saturated rings. The topological polar surface area (TPSA) is 52.3 Å². The first kappa shape index (κ1) is 12.3. The summed E-state index contributed by atoms with van der Waals surface area (Å²) < 4.78 is 5.10. The third kappa shape index (κ3) is 3.77. The number of para-hydroxylation sites is 1. The molecule has 0 saturated carbocycles. The fourth-order valence-electron chi connectivity index (χ4n) is 1.32. The number of nitrogens with two attached hydrogens (primary N) is 1. The molecule has 16 heavy (non-hydrogen) atoms. The van der Waals surface area contributed by atoms with Crippen molar-refractivity contribution in [3.63, 3.8) is 0 Å². The van der Waals surface area contributed by atoms with Gasteiger partial charge in [0, 0.05) is 5.69 Å². The second-order valence-electron chi connectivity index (χ2n) is 3.51. The number of rotatable bonds is 6. The average Bonchev–Trinajstić information content (AvgIpc) is 2.29. The molecule has 0 bridgehead atoms. The Hall–Kier alpha value is -1.77. The Kier molecular flexibility index (Phi) is 5.12. The summed E-state index contributed by atoms with van der Waals surface area (Å²) in [6, 6.07) is 6.91. The number of benzene rings is 1. The van der Waals surface area contributed by atoms with Crippen molar-refractivity contribution in [1.29, 1.82) is 0 Å². The van der Waals surface area contributed by atoms with Gasteiger partial charge in [0.2, 0.25) is 0 Å². The van der Waals surface area contributed by atoms with E-state index in [1.165, 1.54) is 0 Å². The normalized spacial score (nSPS) is 9.75. The van der Waals surface area contributed by atoms with Crippen LogP contribution in [0, 0.1) is 0 Å². The number of hydrogen-bond acceptors (Lipinski definition) is 3. The van der Waals surface area contributed by atoms with Crippen molar-refractivity contribution >= 4 is 11.7 Å². The number of carbonyl (C=O) groups is 1. The second-order valence-corrected chi connectivity index (χ2v) is 3.51. The standard InChI is InChI=1S/C13H17NO2/c1-2-3-4-7-10-16-13(15)11-8-5-6-9-12(11)14/h2,5-6,8-9H,1,3-4,7,10,14H2. The molecule has 1 aromatic rings. The fourth-order valence-corrected chi connectivity index (χ4v) is 1.32. The smallest absolute Gasteiger partial charge is 0.340 e. The third-order valence-electron chi connectivity index (χ3n) is 2.22. The summed E-state index contributed by atoms with van der Waals surface area (Å²) in [5, 5.41) is 0. The molecule has 0 aliphatic carbocycles. The lowest BCUT2D eigenvalue weighted by atomic mass is 10.2. The van der Waals surface area contributed by atoms with Crippen molar-refractivity contribution in [3.8, 4) is 0 Å². The predicted octanol–water partition coefficient (Wildman–Crippen LogP) is 2.78. The van der Waals surface area contributed by atoms with Gasteiger partial charge in [-0.1, -0.05) is 18.2 Å². The zero-order valence-electron chi connectivity index (χ0n) is 9.32. The van der Waals surface area contributed by atoms with E-state index in [4.69, 9.17) is 10.5 Å². The van der Waals surface area contributed by atoms with Crippen LogP contribution in [0.2, 0.25) is 0 Å². The molecular formula is C13H17NO2. The lowest BCUT2D eigenvalue weighted by molar-refractivity contribution is 0.0500. The summed E-state index contributed by atoms with van der Waals surface area (Å²) in [6.45, 7) is 4.06. The number of carbonyl (C=O) groups excluding carboxylic acids is 1. The quantitative estimate of drug-likeness (QED) is 0.346. The third-order valence-corrected chi connectivity index (χ3v) is 2.22. The Morgan fingerprint density at radius 3 is 2.81 bits per heavy atom. The molecule has 0 amide bonds. The van der Waals surface area contributed by atoms with Crippen molar-refractivity contribution in [2.24, 2.45) is 0 Å². The molecule has 0 atom stereocenters. The van der Waals surface area contributed by atoms with Gasteiger partial charge in [0.15, 0.2) is 0 Å². The van der Waals surface area contributed by atoms with Gasteiger partial charge in [0.1, 0.15) is 0 Å². The molecular weight excluding hydrogens is 202 g/mol. The van der Waals surface area contributed by atoms with Crippen molar-refractivity contribution in [2.45, 2.75) is 19.3 Å². The largest absolute Gasteiger partial charge is 0.462 e. The highest BCUT2D eigenvalue weighted by atomic mass is 16.5. The van der Waals surface area contributed by atoms with Crippen LogP contribution in [0.1, 0.15) is 29.6 Å². The van der Waals surface area contributed by atoms with Crippen LogP contribution in [0.3, 0.4) is 0 Å². The molecule has 1 aromatic carbocycles. The van der Waals surface area contributed by atoms with Crippen molar-refractivity contribution in [3.05, 3.63) is 42.5 Å². The van der Waals surface area contributed by atoms with Crippen LogP contribution in [0.5, 0.6) is 0 Å². The first-order valence-electron chi connectivity index (χ1n) is 5.38. The summed E-state index contributed by atoms with van der Waals surface area (Å²) in [5.41, 5.74) is 6.55. The molecule has 0 heterocycles. The van der Waals surface area contributed by atoms with Gasteiger partial charge in [-0.15, -0.1) is 6.58 Å². The lowest BCUT2D eigenvalue weighted by Gasteiger charge is -2.06. The van der Waals surface area contributed by atoms with Gasteiger partial charge in [-0.05, 0) is 31.4 Å². The number of hydrogen-bond donors (Lipinski definition) is 1. The maximum atomic E-state index is 11.6. The number of anilines is 1. The molecule has 0 radical (unpaired) electrons. The minimum Gasteiger partial charge on any atom is -0.462 e. The highest BCUT2D eigenvalue weighted by Gasteiger charge is 2.09. The van der Waals surface area contributed by atoms with E-state index < -0.39 is 0 Å². The lowest BCUT2D eigenvalue weighted by Crippen LogP contribution is -2.08. The average molecular weight is 219 g/mol. The van der Waals surface area contributed by atoms with Crippen LogP contribution < -0.4 is 5.73 Å². The molecule has 0 spiro atoms. The van der Waals surface area contributed by atoms with Gasteiger partial charge in [-0.2, -0.15) is 0 Å². The summed E-state index contributed by atoms with van der Waals surface area (Å²) in [6.07, 6.45) is 4.65. The highest BCUT2D eigenvalue weighted by Crippen LogP contribution is 2.12. The van der Waals surface area contributed by atoms with Gasteiger partial charge >= 0.3 is 5.97 Å². The fraction of sp³-hybridized carbons (Fsp3) is 0.308. The minimum atomic E-state index is -0.350. The molecule has 0 aromatic heterocycles. The zero-order chi connectivity index (χ0) is 11.8. The number of unbranched alkanes of at least 4 members (excludes halogenated alkanes) is 2.